The lowest BCUT2D eigenvalue weighted by atomic mass is 10.1. The number of likely N-dealkylation sites (tertiary alicyclic amines) is 1. The van der Waals surface area contributed by atoms with Gasteiger partial charge >= 0.3 is 0 Å². The number of rotatable bonds is 5. The first-order valence-corrected chi connectivity index (χ1v) is 11.0. The smallest absolute Gasteiger partial charge is 0.223 e. The van der Waals surface area contributed by atoms with E-state index >= 15 is 0 Å². The Morgan fingerprint density at radius 2 is 1.97 bits per heavy atom. The zero-order valence-corrected chi connectivity index (χ0v) is 17.4. The summed E-state index contributed by atoms with van der Waals surface area (Å²) in [5.74, 6) is -1.13. The Bertz CT molecular complexity index is 1200. The number of carbonyl (C=O) groups is 1. The van der Waals surface area contributed by atoms with E-state index in [0.29, 0.717) is 6.54 Å². The fourth-order valence-corrected chi connectivity index (χ4v) is 5.10. The van der Waals surface area contributed by atoms with E-state index in [-0.39, 0.29) is 42.0 Å². The number of amides is 1. The highest BCUT2D eigenvalue weighted by atomic mass is 32.1. The molecule has 158 valence electrons. The molecule has 5 nitrogen and oxygen atoms in total. The number of fused-ring (bicyclic) bond motifs is 1. The van der Waals surface area contributed by atoms with Crippen molar-refractivity contribution in [3.8, 4) is 11.3 Å². The summed E-state index contributed by atoms with van der Waals surface area (Å²) in [7, 11) is 0. The van der Waals surface area contributed by atoms with Gasteiger partial charge in [-0.05, 0) is 37.1 Å². The number of oxazole rings is 1. The van der Waals surface area contributed by atoms with E-state index in [0.717, 1.165) is 28.1 Å². The molecule has 0 radical (unpaired) electrons. The van der Waals surface area contributed by atoms with Crippen LogP contribution < -0.4 is 0 Å². The molecule has 1 aliphatic rings. The molecule has 0 spiro atoms. The molecule has 1 aliphatic heterocycles. The van der Waals surface area contributed by atoms with Crippen LogP contribution in [0.25, 0.3) is 21.5 Å². The maximum Gasteiger partial charge on any atom is 0.223 e. The van der Waals surface area contributed by atoms with Crippen molar-refractivity contribution in [3.05, 3.63) is 71.2 Å². The van der Waals surface area contributed by atoms with Crippen LogP contribution in [0, 0.1) is 11.6 Å². The summed E-state index contributed by atoms with van der Waals surface area (Å²) in [5, 5.41) is 0.959. The number of para-hydroxylation sites is 1. The van der Waals surface area contributed by atoms with Crippen molar-refractivity contribution >= 4 is 27.5 Å². The van der Waals surface area contributed by atoms with Crippen LogP contribution in [0.2, 0.25) is 0 Å². The summed E-state index contributed by atoms with van der Waals surface area (Å²) < 4.78 is 34.5. The van der Waals surface area contributed by atoms with Crippen molar-refractivity contribution in [1.82, 2.24) is 14.9 Å². The molecule has 0 unspecified atom stereocenters. The van der Waals surface area contributed by atoms with Crippen LogP contribution in [0.4, 0.5) is 8.78 Å². The van der Waals surface area contributed by atoms with Crippen LogP contribution in [0.15, 0.2) is 53.1 Å². The number of aromatic nitrogens is 2. The Morgan fingerprint density at radius 1 is 1.16 bits per heavy atom. The minimum Gasteiger partial charge on any atom is -0.441 e. The first-order valence-electron chi connectivity index (χ1n) is 10.1. The molecule has 2 aromatic heterocycles. The van der Waals surface area contributed by atoms with Gasteiger partial charge in [-0.3, -0.25) is 4.79 Å². The van der Waals surface area contributed by atoms with Gasteiger partial charge < -0.3 is 9.32 Å². The molecule has 1 atom stereocenters. The van der Waals surface area contributed by atoms with Crippen molar-refractivity contribution in [2.45, 2.75) is 31.7 Å². The van der Waals surface area contributed by atoms with Gasteiger partial charge in [0.25, 0.3) is 0 Å². The van der Waals surface area contributed by atoms with Gasteiger partial charge in [-0.1, -0.05) is 18.2 Å². The Labute approximate surface area is 181 Å². The Balaban J connectivity index is 1.28. The lowest BCUT2D eigenvalue weighted by molar-refractivity contribution is -0.132. The van der Waals surface area contributed by atoms with Crippen LogP contribution in [-0.2, 0) is 11.2 Å². The third kappa shape index (κ3) is 3.83. The molecule has 0 aliphatic carbocycles. The number of hydrogen-bond acceptors (Lipinski definition) is 5. The zero-order chi connectivity index (χ0) is 21.4. The molecule has 8 heteroatoms. The SMILES string of the molecule is O=C(CCc1ncc(-c2c(F)cccc2F)o1)N1CCC[C@H]1c1nc2ccccc2s1. The van der Waals surface area contributed by atoms with Gasteiger partial charge in [0.15, 0.2) is 11.7 Å². The highest BCUT2D eigenvalue weighted by Crippen LogP contribution is 2.37. The summed E-state index contributed by atoms with van der Waals surface area (Å²) >= 11 is 1.63. The third-order valence-electron chi connectivity index (χ3n) is 5.48. The first-order chi connectivity index (χ1) is 15.1. The molecule has 3 heterocycles. The van der Waals surface area contributed by atoms with Gasteiger partial charge in [0.05, 0.1) is 28.0 Å². The molecule has 1 amide bonds. The number of aryl methyl sites for hydroxylation is 1. The van der Waals surface area contributed by atoms with Crippen molar-refractivity contribution in [2.24, 2.45) is 0 Å². The number of hydrogen-bond donors (Lipinski definition) is 0. The highest BCUT2D eigenvalue weighted by Gasteiger charge is 2.32. The van der Waals surface area contributed by atoms with Gasteiger partial charge in [0.2, 0.25) is 5.91 Å². The molecular formula is C23H19F2N3O2S. The number of benzene rings is 2. The fourth-order valence-electron chi connectivity index (χ4n) is 3.99. The predicted molar refractivity (Wildman–Crippen MR) is 113 cm³/mol. The highest BCUT2D eigenvalue weighted by molar-refractivity contribution is 7.18. The van der Waals surface area contributed by atoms with Gasteiger partial charge in [-0.2, -0.15) is 0 Å². The lowest BCUT2D eigenvalue weighted by Gasteiger charge is -2.22. The molecule has 1 fully saturated rings. The van der Waals surface area contributed by atoms with Gasteiger partial charge in [0, 0.05) is 19.4 Å². The standard InChI is InChI=1S/C23H19F2N3O2S/c24-14-5-3-6-15(25)22(14)18-13-26-20(30-18)10-11-21(29)28-12-4-8-17(28)23-27-16-7-1-2-9-19(16)31-23/h1-3,5-7,9,13,17H,4,8,10-12H2/t17-/m0/s1. The van der Waals surface area contributed by atoms with Crippen LogP contribution in [0.5, 0.6) is 0 Å². The number of halogens is 2. The average molecular weight is 439 g/mol. The quantitative estimate of drug-likeness (QED) is 0.411. The second kappa shape index (κ2) is 8.19. The Morgan fingerprint density at radius 3 is 2.77 bits per heavy atom. The number of carbonyl (C=O) groups excluding carboxylic acids is 1. The van der Waals surface area contributed by atoms with Crippen molar-refractivity contribution in [2.75, 3.05) is 6.54 Å². The average Bonchev–Trinajstić information content (AvgIpc) is 3.50. The first kappa shape index (κ1) is 19.8. The van der Waals surface area contributed by atoms with Crippen LogP contribution in [0.1, 0.15) is 36.2 Å². The minimum atomic E-state index is -0.713. The third-order valence-corrected chi connectivity index (χ3v) is 6.62. The maximum atomic E-state index is 14.0. The second-order valence-corrected chi connectivity index (χ2v) is 8.54. The molecule has 4 aromatic rings. The van der Waals surface area contributed by atoms with E-state index in [1.807, 2.05) is 29.2 Å². The molecule has 0 bridgehead atoms. The predicted octanol–water partition coefficient (Wildman–Crippen LogP) is 5.53. The van der Waals surface area contributed by atoms with E-state index in [2.05, 4.69) is 4.98 Å². The maximum absolute atomic E-state index is 14.0. The fraction of sp³-hybridized carbons (Fsp3) is 0.261. The normalized spacial score (nSPS) is 16.3. The van der Waals surface area contributed by atoms with Crippen LogP contribution in [0.3, 0.4) is 0 Å². The van der Waals surface area contributed by atoms with E-state index < -0.39 is 11.6 Å². The van der Waals surface area contributed by atoms with E-state index in [1.165, 1.54) is 24.4 Å². The van der Waals surface area contributed by atoms with Crippen LogP contribution >= 0.6 is 11.3 Å². The van der Waals surface area contributed by atoms with Crippen LogP contribution in [-0.4, -0.2) is 27.3 Å². The summed E-state index contributed by atoms with van der Waals surface area (Å²) in [6.07, 6.45) is 3.59. The van der Waals surface area contributed by atoms with Gasteiger partial charge in [-0.25, -0.2) is 18.7 Å². The van der Waals surface area contributed by atoms with Crippen molar-refractivity contribution < 1.29 is 18.0 Å². The summed E-state index contributed by atoms with van der Waals surface area (Å²) in [6, 6.07) is 11.6. The lowest BCUT2D eigenvalue weighted by Crippen LogP contribution is -2.30. The summed E-state index contributed by atoms with van der Waals surface area (Å²) in [6.45, 7) is 0.691. The minimum absolute atomic E-state index is 0.00132. The Kier molecular flexibility index (Phi) is 5.23. The molecule has 0 N–H and O–H groups in total. The molecular weight excluding hydrogens is 420 g/mol. The van der Waals surface area contributed by atoms with E-state index in [9.17, 15) is 13.6 Å². The molecule has 31 heavy (non-hydrogen) atoms. The van der Waals surface area contributed by atoms with E-state index in [4.69, 9.17) is 9.40 Å². The van der Waals surface area contributed by atoms with Gasteiger partial charge in [-0.15, -0.1) is 11.3 Å². The zero-order valence-electron chi connectivity index (χ0n) is 16.6. The molecule has 5 rings (SSSR count). The molecule has 2 aromatic carbocycles. The number of nitrogens with zero attached hydrogens (tertiary/aromatic N) is 3. The van der Waals surface area contributed by atoms with Crippen molar-refractivity contribution in [1.29, 1.82) is 0 Å². The van der Waals surface area contributed by atoms with E-state index in [1.54, 1.807) is 11.3 Å². The second-order valence-electron chi connectivity index (χ2n) is 7.48. The topological polar surface area (TPSA) is 59.2 Å². The summed E-state index contributed by atoms with van der Waals surface area (Å²) in [5.41, 5.74) is 0.706. The Hall–Kier alpha value is -3.13. The van der Waals surface area contributed by atoms with Gasteiger partial charge in [0.1, 0.15) is 16.6 Å². The largest absolute Gasteiger partial charge is 0.441 e. The van der Waals surface area contributed by atoms with Crippen molar-refractivity contribution in [3.63, 3.8) is 0 Å². The monoisotopic (exact) mass is 439 g/mol. The molecule has 1 saturated heterocycles. The number of thiazole rings is 1. The summed E-state index contributed by atoms with van der Waals surface area (Å²) in [4.78, 5) is 23.6. The molecule has 0 saturated carbocycles.